The van der Waals surface area contributed by atoms with E-state index in [0.717, 1.165) is 36.1 Å². The number of fused-ring (bicyclic) bond motifs is 4. The van der Waals surface area contributed by atoms with Crippen LogP contribution >= 0.6 is 35.6 Å². The van der Waals surface area contributed by atoms with E-state index in [1.807, 2.05) is 16.7 Å². The van der Waals surface area contributed by atoms with Crippen LogP contribution in [0.15, 0.2) is 41.2 Å². The van der Waals surface area contributed by atoms with Gasteiger partial charge in [0.05, 0.1) is 5.75 Å². The van der Waals surface area contributed by atoms with Crippen LogP contribution in [-0.2, 0) is 11.3 Å². The van der Waals surface area contributed by atoms with Gasteiger partial charge in [0.2, 0.25) is 5.91 Å². The van der Waals surface area contributed by atoms with Crippen LogP contribution in [0.2, 0.25) is 5.15 Å². The third-order valence-electron chi connectivity index (χ3n) is 5.05. The first-order valence-corrected chi connectivity index (χ1v) is 10.8. The quantitative estimate of drug-likeness (QED) is 0.591. The molecule has 4 rings (SSSR count). The summed E-state index contributed by atoms with van der Waals surface area (Å²) in [5, 5.41) is 3.06. The minimum Gasteiger partial charge on any atom is -0.356 e. The molecule has 6 nitrogen and oxygen atoms in total. The number of anilines is 1. The van der Waals surface area contributed by atoms with E-state index in [-0.39, 0.29) is 17.2 Å². The molecule has 9 heteroatoms. The van der Waals surface area contributed by atoms with E-state index in [4.69, 9.17) is 23.8 Å². The van der Waals surface area contributed by atoms with Gasteiger partial charge in [-0.15, -0.1) is 0 Å². The second-order valence-electron chi connectivity index (χ2n) is 7.05. The molecule has 0 aliphatic carbocycles. The molecule has 2 aromatic heterocycles. The lowest BCUT2D eigenvalue weighted by molar-refractivity contribution is -0.113. The number of carbonyl (C=O) groups is 1. The Morgan fingerprint density at radius 3 is 2.89 bits per heavy atom. The Bertz CT molecular complexity index is 980. The average molecular weight is 435 g/mol. The number of aromatic nitrogens is 2. The molecule has 2 aliphatic rings. The van der Waals surface area contributed by atoms with Gasteiger partial charge in [-0.05, 0) is 30.5 Å². The van der Waals surface area contributed by atoms with E-state index in [0.29, 0.717) is 22.8 Å². The van der Waals surface area contributed by atoms with Crippen molar-refractivity contribution in [3.05, 3.63) is 57.6 Å². The van der Waals surface area contributed by atoms with E-state index in [9.17, 15) is 9.59 Å². The molecule has 2 aliphatic heterocycles. The summed E-state index contributed by atoms with van der Waals surface area (Å²) in [6.07, 6.45) is 1.08. The highest BCUT2D eigenvalue weighted by molar-refractivity contribution is 8.23. The zero-order valence-electron chi connectivity index (χ0n) is 15.0. The monoisotopic (exact) mass is 434 g/mol. The molecule has 1 fully saturated rings. The van der Waals surface area contributed by atoms with Crippen LogP contribution in [0.4, 0.5) is 5.82 Å². The molecule has 0 aromatic carbocycles. The molecule has 2 bridgehead atoms. The maximum absolute atomic E-state index is 12.2. The van der Waals surface area contributed by atoms with Gasteiger partial charge >= 0.3 is 0 Å². The van der Waals surface area contributed by atoms with Gasteiger partial charge in [0.15, 0.2) is 0 Å². The van der Waals surface area contributed by atoms with Crippen LogP contribution in [0.25, 0.3) is 0 Å². The van der Waals surface area contributed by atoms with Gasteiger partial charge in [0.25, 0.3) is 5.56 Å². The molecule has 0 saturated carbocycles. The molecule has 1 saturated heterocycles. The van der Waals surface area contributed by atoms with Crippen molar-refractivity contribution in [1.29, 1.82) is 0 Å². The fraction of sp³-hybridized carbons (Fsp3) is 0.368. The highest BCUT2D eigenvalue weighted by Gasteiger charge is 2.35. The van der Waals surface area contributed by atoms with Gasteiger partial charge in [-0.3, -0.25) is 9.59 Å². The van der Waals surface area contributed by atoms with Gasteiger partial charge in [-0.25, -0.2) is 4.98 Å². The third-order valence-corrected chi connectivity index (χ3v) is 6.78. The highest BCUT2D eigenvalue weighted by atomic mass is 35.5. The Balaban J connectivity index is 1.35. The predicted molar refractivity (Wildman–Crippen MR) is 116 cm³/mol. The smallest absolute Gasteiger partial charge is 0.250 e. The zero-order valence-corrected chi connectivity index (χ0v) is 17.4. The molecule has 28 heavy (non-hydrogen) atoms. The van der Waals surface area contributed by atoms with E-state index in [2.05, 4.69) is 15.2 Å². The van der Waals surface area contributed by atoms with Crippen molar-refractivity contribution in [3.8, 4) is 0 Å². The summed E-state index contributed by atoms with van der Waals surface area (Å²) in [6.45, 7) is 2.33. The summed E-state index contributed by atoms with van der Waals surface area (Å²) in [5.41, 5.74) is 1.16. The normalized spacial score (nSPS) is 20.4. The van der Waals surface area contributed by atoms with Crippen LogP contribution in [0.3, 0.4) is 0 Å². The SMILES string of the molecule is O=C(CSC(=S)N1C[C@@H]2C[C@H](C1)c1cccc(=O)n1C2)Nc1cccc(Cl)n1. The molecule has 0 spiro atoms. The van der Waals surface area contributed by atoms with Gasteiger partial charge in [0.1, 0.15) is 15.3 Å². The lowest BCUT2D eigenvalue weighted by Crippen LogP contribution is -2.48. The molecule has 146 valence electrons. The summed E-state index contributed by atoms with van der Waals surface area (Å²) in [6, 6.07) is 10.6. The molecule has 2 aromatic rings. The number of nitrogens with zero attached hydrogens (tertiary/aromatic N) is 3. The molecule has 4 heterocycles. The topological polar surface area (TPSA) is 67.2 Å². The Kier molecular flexibility index (Phi) is 5.70. The lowest BCUT2D eigenvalue weighted by Gasteiger charge is -2.43. The fourth-order valence-corrected chi connectivity index (χ4v) is 5.07. The Hall–Kier alpha value is -1.90. The average Bonchev–Trinajstić information content (AvgIpc) is 2.67. The summed E-state index contributed by atoms with van der Waals surface area (Å²) < 4.78 is 2.62. The van der Waals surface area contributed by atoms with Crippen molar-refractivity contribution in [2.45, 2.75) is 18.9 Å². The second kappa shape index (κ2) is 8.23. The largest absolute Gasteiger partial charge is 0.356 e. The minimum atomic E-state index is -0.170. The molecular weight excluding hydrogens is 416 g/mol. The molecule has 0 radical (unpaired) electrons. The van der Waals surface area contributed by atoms with E-state index >= 15 is 0 Å². The van der Waals surface area contributed by atoms with Gasteiger partial charge < -0.3 is 14.8 Å². The van der Waals surface area contributed by atoms with Crippen molar-refractivity contribution in [2.24, 2.45) is 5.92 Å². The van der Waals surface area contributed by atoms with Crippen LogP contribution < -0.4 is 10.9 Å². The number of piperidine rings is 1. The number of thiocarbonyl (C=S) groups is 1. The van der Waals surface area contributed by atoms with Crippen LogP contribution in [0.1, 0.15) is 18.0 Å². The maximum atomic E-state index is 12.2. The van der Waals surface area contributed by atoms with Crippen molar-refractivity contribution >= 4 is 51.6 Å². The number of carbonyl (C=O) groups excluding carboxylic acids is 1. The summed E-state index contributed by atoms with van der Waals surface area (Å²) in [7, 11) is 0. The number of halogens is 1. The highest BCUT2D eigenvalue weighted by Crippen LogP contribution is 2.36. The predicted octanol–water partition coefficient (Wildman–Crippen LogP) is 2.97. The Morgan fingerprint density at radius 2 is 2.07 bits per heavy atom. The van der Waals surface area contributed by atoms with E-state index < -0.39 is 0 Å². The number of rotatable bonds is 3. The number of pyridine rings is 2. The van der Waals surface area contributed by atoms with Crippen molar-refractivity contribution in [2.75, 3.05) is 24.2 Å². The van der Waals surface area contributed by atoms with Gasteiger partial charge in [0, 0.05) is 37.3 Å². The van der Waals surface area contributed by atoms with E-state index in [1.165, 1.54) is 11.8 Å². The Morgan fingerprint density at radius 1 is 1.25 bits per heavy atom. The number of thioether (sulfide) groups is 1. The Labute approximate surface area is 177 Å². The van der Waals surface area contributed by atoms with Crippen LogP contribution in [-0.4, -0.2) is 43.5 Å². The molecule has 1 N–H and O–H groups in total. The van der Waals surface area contributed by atoms with Gasteiger partial charge in [-0.2, -0.15) is 0 Å². The molecule has 1 amide bonds. The number of likely N-dealkylation sites (tertiary alicyclic amines) is 1. The summed E-state index contributed by atoms with van der Waals surface area (Å²) >= 11 is 12.8. The number of hydrogen-bond acceptors (Lipinski definition) is 5. The summed E-state index contributed by atoms with van der Waals surface area (Å²) in [5.74, 6) is 1.17. The maximum Gasteiger partial charge on any atom is 0.250 e. The van der Waals surface area contributed by atoms with Crippen molar-refractivity contribution in [1.82, 2.24) is 14.5 Å². The van der Waals surface area contributed by atoms with Crippen LogP contribution in [0, 0.1) is 5.92 Å². The molecule has 2 atom stereocenters. The number of nitrogens with one attached hydrogen (secondary N) is 1. The van der Waals surface area contributed by atoms with Gasteiger partial charge in [-0.1, -0.05) is 47.7 Å². The third kappa shape index (κ3) is 4.24. The fourth-order valence-electron chi connectivity index (χ4n) is 3.92. The van der Waals surface area contributed by atoms with Crippen LogP contribution in [0.5, 0.6) is 0 Å². The summed E-state index contributed by atoms with van der Waals surface area (Å²) in [4.78, 5) is 30.5. The number of hydrogen-bond donors (Lipinski definition) is 1. The first-order valence-electron chi connectivity index (χ1n) is 9.03. The number of amides is 1. The standard InChI is InChI=1S/C19H19ClN4O2S2/c20-15-4-2-5-16(21-15)22-17(25)11-28-19(27)23-8-12-7-13(10-23)14-3-1-6-18(26)24(14)9-12/h1-6,12-13H,7-11H2,(H,21,22,25)/t12-,13+/m0/s1. The molecule has 0 unspecified atom stereocenters. The van der Waals surface area contributed by atoms with Crippen molar-refractivity contribution in [3.63, 3.8) is 0 Å². The molecular formula is C19H19ClN4O2S2. The first kappa shape index (κ1) is 19.4. The first-order chi connectivity index (χ1) is 13.5. The lowest BCUT2D eigenvalue weighted by atomic mass is 9.83. The van der Waals surface area contributed by atoms with Crippen molar-refractivity contribution < 1.29 is 4.79 Å². The minimum absolute atomic E-state index is 0.0731. The second-order valence-corrected chi connectivity index (χ2v) is 9.05. The van der Waals surface area contributed by atoms with E-state index in [1.54, 1.807) is 24.3 Å². The zero-order chi connectivity index (χ0) is 19.7.